The van der Waals surface area contributed by atoms with Crippen molar-refractivity contribution in [1.29, 1.82) is 0 Å². The van der Waals surface area contributed by atoms with Gasteiger partial charge < -0.3 is 9.88 Å². The van der Waals surface area contributed by atoms with E-state index in [1.54, 1.807) is 25.5 Å². The molecule has 5 nitrogen and oxygen atoms in total. The third-order valence-electron chi connectivity index (χ3n) is 3.31. The molecule has 0 atom stereocenters. The molecule has 9 heteroatoms. The lowest BCUT2D eigenvalue weighted by molar-refractivity contribution is 0.588. The zero-order valence-corrected chi connectivity index (χ0v) is 16.0. The van der Waals surface area contributed by atoms with Crippen LogP contribution >= 0.6 is 34.7 Å². The quantitative estimate of drug-likeness (QED) is 0.488. The molecule has 0 saturated carbocycles. The van der Waals surface area contributed by atoms with Gasteiger partial charge in [-0.2, -0.15) is 4.98 Å². The monoisotopic (exact) mass is 428 g/mol. The molecular weight excluding hydrogens is 418 g/mol. The molecule has 0 saturated heterocycles. The molecule has 0 spiro atoms. The zero-order valence-electron chi connectivity index (χ0n) is 12.7. The molecule has 0 amide bonds. The highest BCUT2D eigenvalue weighted by molar-refractivity contribution is 9.10. The Morgan fingerprint density at radius 2 is 2.00 bits per heavy atom. The number of fused-ring (bicyclic) bond motifs is 1. The third kappa shape index (κ3) is 3.43. The summed E-state index contributed by atoms with van der Waals surface area (Å²) < 4.78 is 27.1. The molecule has 0 radical (unpaired) electrons. The van der Waals surface area contributed by atoms with E-state index in [2.05, 4.69) is 36.2 Å². The van der Waals surface area contributed by atoms with E-state index >= 15 is 0 Å². The number of hydrogen-bond acceptors (Lipinski definition) is 5. The zero-order chi connectivity index (χ0) is 17.5. The van der Waals surface area contributed by atoms with E-state index in [-0.39, 0.29) is 5.28 Å². The second kappa shape index (κ2) is 6.39. The van der Waals surface area contributed by atoms with Gasteiger partial charge in [0.05, 0.1) is 21.9 Å². The number of rotatable bonds is 3. The maximum atomic E-state index is 13.7. The molecule has 3 aromatic rings. The minimum Gasteiger partial charge on any atom is -0.339 e. The number of pyridine rings is 1. The molecule has 1 aromatic carbocycles. The number of anilines is 2. The first kappa shape index (κ1) is 17.3. The van der Waals surface area contributed by atoms with Gasteiger partial charge in [0.25, 0.3) is 0 Å². The van der Waals surface area contributed by atoms with Crippen molar-refractivity contribution >= 4 is 62.4 Å². The number of halogens is 3. The van der Waals surface area contributed by atoms with Crippen LogP contribution in [0.15, 0.2) is 35.1 Å². The van der Waals surface area contributed by atoms with Gasteiger partial charge in [0.15, 0.2) is 0 Å². The first-order valence-electron chi connectivity index (χ1n) is 6.84. The van der Waals surface area contributed by atoms with Crippen LogP contribution in [0, 0.1) is 5.82 Å². The van der Waals surface area contributed by atoms with Crippen LogP contribution in [0.1, 0.15) is 0 Å². The lowest BCUT2D eigenvalue weighted by Crippen LogP contribution is -2.13. The summed E-state index contributed by atoms with van der Waals surface area (Å²) in [5.74, 6) is -0.0611. The fraction of sp³-hybridized carbons (Fsp3) is 0.133. The summed E-state index contributed by atoms with van der Waals surface area (Å²) in [5.41, 5.74) is 1.12. The molecule has 0 fully saturated rings. The SMILES string of the molecule is CP(C)(=O)c1c(Nc2nc(Cl)ncc2Br)ccc2ncc(F)cc12. The summed E-state index contributed by atoms with van der Waals surface area (Å²) in [6, 6.07) is 4.81. The van der Waals surface area contributed by atoms with E-state index < -0.39 is 13.0 Å². The van der Waals surface area contributed by atoms with Crippen LogP contribution in [-0.4, -0.2) is 28.3 Å². The predicted octanol–water partition coefficient (Wildman–Crippen LogP) is 4.57. The van der Waals surface area contributed by atoms with Crippen molar-refractivity contribution in [2.75, 3.05) is 18.6 Å². The second-order valence-corrected chi connectivity index (χ2v) is 9.83. The number of nitrogens with zero attached hydrogens (tertiary/aromatic N) is 3. The maximum Gasteiger partial charge on any atom is 0.224 e. The van der Waals surface area contributed by atoms with Gasteiger partial charge in [-0.25, -0.2) is 9.37 Å². The van der Waals surface area contributed by atoms with Gasteiger partial charge in [-0.1, -0.05) is 0 Å². The van der Waals surface area contributed by atoms with Crippen LogP contribution in [0.2, 0.25) is 5.28 Å². The van der Waals surface area contributed by atoms with Gasteiger partial charge in [0, 0.05) is 16.9 Å². The topological polar surface area (TPSA) is 67.8 Å². The summed E-state index contributed by atoms with van der Waals surface area (Å²) in [5, 5.41) is 4.18. The fourth-order valence-electron chi connectivity index (χ4n) is 2.40. The molecule has 24 heavy (non-hydrogen) atoms. The van der Waals surface area contributed by atoms with Crippen molar-refractivity contribution in [2.24, 2.45) is 0 Å². The molecule has 0 aliphatic carbocycles. The lowest BCUT2D eigenvalue weighted by atomic mass is 10.2. The summed E-state index contributed by atoms with van der Waals surface area (Å²) in [7, 11) is -2.75. The van der Waals surface area contributed by atoms with Crippen molar-refractivity contribution in [3.63, 3.8) is 0 Å². The van der Waals surface area contributed by atoms with Crippen LogP contribution in [0.5, 0.6) is 0 Å². The van der Waals surface area contributed by atoms with Crippen LogP contribution in [0.3, 0.4) is 0 Å². The Kier molecular flexibility index (Phi) is 4.60. The summed E-state index contributed by atoms with van der Waals surface area (Å²) in [6.45, 7) is 3.25. The molecule has 2 aromatic heterocycles. The number of aromatic nitrogens is 3. The highest BCUT2D eigenvalue weighted by Crippen LogP contribution is 2.41. The van der Waals surface area contributed by atoms with Crippen molar-refractivity contribution < 1.29 is 8.96 Å². The Labute approximate surface area is 151 Å². The Morgan fingerprint density at radius 3 is 2.71 bits per heavy atom. The molecule has 2 heterocycles. The first-order chi connectivity index (χ1) is 11.3. The van der Waals surface area contributed by atoms with Gasteiger partial charge in [0.1, 0.15) is 18.8 Å². The summed E-state index contributed by atoms with van der Waals surface area (Å²) >= 11 is 9.17. The largest absolute Gasteiger partial charge is 0.339 e. The smallest absolute Gasteiger partial charge is 0.224 e. The summed E-state index contributed by atoms with van der Waals surface area (Å²) in [4.78, 5) is 12.0. The standard InChI is InChI=1S/C15H12BrClFN4OP/c1-24(2,23)13-9-5-8(18)6-19-11(9)3-4-12(13)21-14-10(16)7-20-15(17)22-14/h3-7H,1-2H3,(H,20,21,22). The minimum atomic E-state index is -2.75. The Morgan fingerprint density at radius 1 is 1.25 bits per heavy atom. The van der Waals surface area contributed by atoms with E-state index in [1.807, 2.05) is 0 Å². The Hall–Kier alpha value is -1.56. The normalized spacial score (nSPS) is 11.7. The molecule has 0 unspecified atom stereocenters. The molecule has 0 bridgehead atoms. The Balaban J connectivity index is 2.24. The average Bonchev–Trinajstić information content (AvgIpc) is 2.49. The van der Waals surface area contributed by atoms with Crippen LogP contribution in [0.25, 0.3) is 10.9 Å². The minimum absolute atomic E-state index is 0.0759. The second-order valence-electron chi connectivity index (χ2n) is 5.49. The molecular formula is C15H12BrClFN4OP. The van der Waals surface area contributed by atoms with Gasteiger partial charge in [0.2, 0.25) is 5.28 Å². The first-order valence-corrected chi connectivity index (χ1v) is 10.6. The molecule has 0 aliphatic heterocycles. The van der Waals surface area contributed by atoms with E-state index in [4.69, 9.17) is 11.6 Å². The molecule has 3 rings (SSSR count). The van der Waals surface area contributed by atoms with Gasteiger partial charge in [-0.3, -0.25) is 4.98 Å². The number of benzene rings is 1. The molecule has 0 aliphatic rings. The third-order valence-corrected chi connectivity index (χ3v) is 5.63. The highest BCUT2D eigenvalue weighted by Gasteiger charge is 2.21. The van der Waals surface area contributed by atoms with Gasteiger partial charge in [-0.05, 0) is 59.1 Å². The maximum absolute atomic E-state index is 13.7. The van der Waals surface area contributed by atoms with Gasteiger partial charge in [-0.15, -0.1) is 0 Å². The van der Waals surface area contributed by atoms with E-state index in [0.717, 1.165) is 6.20 Å². The van der Waals surface area contributed by atoms with Crippen molar-refractivity contribution in [3.8, 4) is 0 Å². The number of hydrogen-bond donors (Lipinski definition) is 1. The fourth-order valence-corrected chi connectivity index (χ4v) is 4.29. The highest BCUT2D eigenvalue weighted by atomic mass is 79.9. The van der Waals surface area contributed by atoms with Crippen molar-refractivity contribution in [1.82, 2.24) is 15.0 Å². The van der Waals surface area contributed by atoms with Gasteiger partial charge >= 0.3 is 0 Å². The van der Waals surface area contributed by atoms with E-state index in [0.29, 0.717) is 32.2 Å². The van der Waals surface area contributed by atoms with Crippen LogP contribution < -0.4 is 10.6 Å². The van der Waals surface area contributed by atoms with E-state index in [9.17, 15) is 8.96 Å². The van der Waals surface area contributed by atoms with Crippen LogP contribution in [0.4, 0.5) is 15.9 Å². The van der Waals surface area contributed by atoms with Crippen LogP contribution in [-0.2, 0) is 4.57 Å². The number of nitrogens with one attached hydrogen (secondary N) is 1. The molecule has 124 valence electrons. The predicted molar refractivity (Wildman–Crippen MR) is 98.8 cm³/mol. The van der Waals surface area contributed by atoms with Crippen molar-refractivity contribution in [2.45, 2.75) is 0 Å². The van der Waals surface area contributed by atoms with E-state index in [1.165, 1.54) is 12.3 Å². The van der Waals surface area contributed by atoms with Crippen molar-refractivity contribution in [3.05, 3.63) is 46.2 Å². The average molecular weight is 430 g/mol. The molecule has 1 N–H and O–H groups in total. The summed E-state index contributed by atoms with van der Waals surface area (Å²) in [6.07, 6.45) is 2.65. The lowest BCUT2D eigenvalue weighted by Gasteiger charge is -2.18. The Bertz CT molecular complexity index is 995.